The summed E-state index contributed by atoms with van der Waals surface area (Å²) in [4.78, 5) is 34.6. The van der Waals surface area contributed by atoms with Crippen LogP contribution in [-0.4, -0.2) is 24.4 Å². The van der Waals surface area contributed by atoms with E-state index in [1.54, 1.807) is 45.0 Å². The maximum atomic E-state index is 11.8. The third-order valence-corrected chi connectivity index (χ3v) is 2.80. The topological polar surface area (TPSA) is 84.5 Å². The first-order valence-corrected chi connectivity index (χ1v) is 7.28. The molecule has 120 valence electrons. The summed E-state index contributed by atoms with van der Waals surface area (Å²) in [5.41, 5.74) is 1.18. The fourth-order valence-electron chi connectivity index (χ4n) is 1.63. The van der Waals surface area contributed by atoms with Gasteiger partial charge in [0.1, 0.15) is 0 Å². The second-order valence-electron chi connectivity index (χ2n) is 5.08. The van der Waals surface area contributed by atoms with Gasteiger partial charge in [0, 0.05) is 23.7 Å². The normalized spacial score (nSPS) is 10.2. The van der Waals surface area contributed by atoms with Gasteiger partial charge in [-0.2, -0.15) is 0 Å². The molecule has 1 aromatic carbocycles. The second-order valence-corrected chi connectivity index (χ2v) is 5.08. The number of rotatable bonds is 7. The largest absolute Gasteiger partial charge is 0.466 e. The Morgan fingerprint density at radius 1 is 1.09 bits per heavy atom. The molecule has 0 aromatic heterocycles. The fraction of sp³-hybridized carbons (Fsp3) is 0.438. The summed E-state index contributed by atoms with van der Waals surface area (Å²) >= 11 is 0. The average molecular weight is 306 g/mol. The Hall–Kier alpha value is -2.37. The predicted octanol–water partition coefficient (Wildman–Crippen LogP) is 2.56. The van der Waals surface area contributed by atoms with E-state index in [1.165, 1.54) is 0 Å². The van der Waals surface area contributed by atoms with Crippen molar-refractivity contribution in [2.75, 3.05) is 17.2 Å². The number of nitrogens with one attached hydrogen (secondary N) is 2. The number of ether oxygens (including phenoxy) is 1. The van der Waals surface area contributed by atoms with Crippen molar-refractivity contribution >= 4 is 29.2 Å². The minimum atomic E-state index is -0.393. The molecular weight excluding hydrogens is 284 g/mol. The monoisotopic (exact) mass is 306 g/mol. The molecule has 0 unspecified atom stereocenters. The lowest BCUT2D eigenvalue weighted by Gasteiger charge is -2.10. The van der Waals surface area contributed by atoms with Crippen molar-refractivity contribution < 1.29 is 19.1 Å². The molecule has 0 radical (unpaired) electrons. The molecule has 6 nitrogen and oxygen atoms in total. The average Bonchev–Trinajstić information content (AvgIpc) is 2.45. The molecule has 0 saturated carbocycles. The number of hydrogen-bond donors (Lipinski definition) is 2. The SMILES string of the molecule is CCOC(=O)CCC(=O)Nc1cccc(NC(=O)C(C)C)c1. The number of benzene rings is 1. The Kier molecular flexibility index (Phi) is 7.08. The first kappa shape index (κ1) is 17.7. The van der Waals surface area contributed by atoms with Crippen LogP contribution in [0.25, 0.3) is 0 Å². The molecule has 2 N–H and O–H groups in total. The Morgan fingerprint density at radius 2 is 1.73 bits per heavy atom. The van der Waals surface area contributed by atoms with Gasteiger partial charge in [0.2, 0.25) is 11.8 Å². The van der Waals surface area contributed by atoms with E-state index in [-0.39, 0.29) is 30.6 Å². The third kappa shape index (κ3) is 6.39. The van der Waals surface area contributed by atoms with Gasteiger partial charge >= 0.3 is 5.97 Å². The summed E-state index contributed by atoms with van der Waals surface area (Å²) in [6.07, 6.45) is 0.102. The number of amides is 2. The lowest BCUT2D eigenvalue weighted by Crippen LogP contribution is -2.18. The van der Waals surface area contributed by atoms with Crippen LogP contribution in [0.2, 0.25) is 0 Å². The Labute approximate surface area is 130 Å². The molecule has 22 heavy (non-hydrogen) atoms. The highest BCUT2D eigenvalue weighted by Crippen LogP contribution is 2.16. The van der Waals surface area contributed by atoms with E-state index in [0.717, 1.165) is 0 Å². The highest BCUT2D eigenvalue weighted by Gasteiger charge is 2.10. The lowest BCUT2D eigenvalue weighted by atomic mass is 10.2. The summed E-state index contributed by atoms with van der Waals surface area (Å²) in [6, 6.07) is 6.86. The van der Waals surface area contributed by atoms with Crippen molar-refractivity contribution in [2.24, 2.45) is 5.92 Å². The van der Waals surface area contributed by atoms with Gasteiger partial charge in [-0.1, -0.05) is 19.9 Å². The smallest absolute Gasteiger partial charge is 0.306 e. The molecule has 0 spiro atoms. The van der Waals surface area contributed by atoms with Crippen LogP contribution in [0.3, 0.4) is 0 Å². The molecule has 0 saturated heterocycles. The van der Waals surface area contributed by atoms with Crippen molar-refractivity contribution in [1.29, 1.82) is 0 Å². The minimum absolute atomic E-state index is 0.0451. The van der Waals surface area contributed by atoms with Crippen molar-refractivity contribution in [1.82, 2.24) is 0 Å². The van der Waals surface area contributed by atoms with Gasteiger partial charge in [-0.25, -0.2) is 0 Å². The predicted molar refractivity (Wildman–Crippen MR) is 84.4 cm³/mol. The van der Waals surface area contributed by atoms with Crippen LogP contribution < -0.4 is 10.6 Å². The second kappa shape index (κ2) is 8.81. The van der Waals surface area contributed by atoms with E-state index >= 15 is 0 Å². The number of esters is 1. The number of anilines is 2. The number of carbonyl (C=O) groups excluding carboxylic acids is 3. The van der Waals surface area contributed by atoms with Crippen molar-refractivity contribution in [2.45, 2.75) is 33.6 Å². The quantitative estimate of drug-likeness (QED) is 0.758. The van der Waals surface area contributed by atoms with E-state index in [4.69, 9.17) is 4.74 Å². The molecule has 2 amide bonds. The Balaban J connectivity index is 2.53. The number of carbonyl (C=O) groups is 3. The zero-order valence-electron chi connectivity index (χ0n) is 13.1. The van der Waals surface area contributed by atoms with E-state index in [2.05, 4.69) is 10.6 Å². The first-order valence-electron chi connectivity index (χ1n) is 7.28. The maximum Gasteiger partial charge on any atom is 0.306 e. The van der Waals surface area contributed by atoms with E-state index < -0.39 is 5.97 Å². The highest BCUT2D eigenvalue weighted by molar-refractivity contribution is 5.95. The molecule has 0 aliphatic heterocycles. The van der Waals surface area contributed by atoms with Crippen molar-refractivity contribution in [3.05, 3.63) is 24.3 Å². The van der Waals surface area contributed by atoms with Gasteiger partial charge in [-0.05, 0) is 25.1 Å². The minimum Gasteiger partial charge on any atom is -0.466 e. The zero-order valence-corrected chi connectivity index (χ0v) is 13.1. The molecule has 1 rings (SSSR count). The van der Waals surface area contributed by atoms with Gasteiger partial charge in [-0.15, -0.1) is 0 Å². The molecule has 0 fully saturated rings. The molecule has 0 atom stereocenters. The van der Waals surface area contributed by atoms with Gasteiger partial charge in [0.25, 0.3) is 0 Å². The van der Waals surface area contributed by atoms with Crippen molar-refractivity contribution in [3.8, 4) is 0 Å². The van der Waals surface area contributed by atoms with Gasteiger partial charge in [0.15, 0.2) is 0 Å². The maximum absolute atomic E-state index is 11.8. The van der Waals surface area contributed by atoms with Crippen LogP contribution in [0, 0.1) is 5.92 Å². The van der Waals surface area contributed by atoms with Gasteiger partial charge in [0.05, 0.1) is 13.0 Å². The Morgan fingerprint density at radius 3 is 2.32 bits per heavy atom. The van der Waals surface area contributed by atoms with Crippen LogP contribution in [0.15, 0.2) is 24.3 Å². The van der Waals surface area contributed by atoms with Crippen LogP contribution in [-0.2, 0) is 19.1 Å². The van der Waals surface area contributed by atoms with Crippen LogP contribution in [0.5, 0.6) is 0 Å². The zero-order chi connectivity index (χ0) is 16.5. The standard InChI is InChI=1S/C16H22N2O4/c1-4-22-15(20)9-8-14(19)17-12-6-5-7-13(10-12)18-16(21)11(2)3/h5-7,10-11H,4,8-9H2,1-3H3,(H,17,19)(H,18,21). The molecule has 0 heterocycles. The molecule has 0 aliphatic carbocycles. The van der Waals surface area contributed by atoms with Crippen LogP contribution in [0.4, 0.5) is 11.4 Å². The van der Waals surface area contributed by atoms with E-state index in [1.807, 2.05) is 0 Å². The summed E-state index contributed by atoms with van der Waals surface area (Å²) in [5, 5.41) is 5.44. The van der Waals surface area contributed by atoms with Crippen molar-refractivity contribution in [3.63, 3.8) is 0 Å². The molecule has 6 heteroatoms. The van der Waals surface area contributed by atoms with Crippen LogP contribution >= 0.6 is 0 Å². The Bertz CT molecular complexity index is 541. The molecule has 0 aliphatic rings. The summed E-state index contributed by atoms with van der Waals surface area (Å²) in [6.45, 7) is 5.62. The molecular formula is C16H22N2O4. The van der Waals surface area contributed by atoms with E-state index in [9.17, 15) is 14.4 Å². The van der Waals surface area contributed by atoms with Gasteiger partial charge < -0.3 is 15.4 Å². The first-order chi connectivity index (χ1) is 10.4. The highest BCUT2D eigenvalue weighted by atomic mass is 16.5. The number of hydrogen-bond acceptors (Lipinski definition) is 4. The third-order valence-electron chi connectivity index (χ3n) is 2.80. The summed E-state index contributed by atoms with van der Waals surface area (Å²) in [7, 11) is 0. The molecule has 1 aromatic rings. The molecule has 0 bridgehead atoms. The fourth-order valence-corrected chi connectivity index (χ4v) is 1.63. The van der Waals surface area contributed by atoms with E-state index in [0.29, 0.717) is 18.0 Å². The van der Waals surface area contributed by atoms with Crippen LogP contribution in [0.1, 0.15) is 33.6 Å². The summed E-state index contributed by atoms with van der Waals surface area (Å²) < 4.78 is 4.76. The summed E-state index contributed by atoms with van der Waals surface area (Å²) in [5.74, 6) is -0.885. The lowest BCUT2D eigenvalue weighted by molar-refractivity contribution is -0.144. The van der Waals surface area contributed by atoms with Gasteiger partial charge in [-0.3, -0.25) is 14.4 Å².